The number of carbonyl (C=O) groups excluding carboxylic acids is 2. The van der Waals surface area contributed by atoms with Crippen LogP contribution in [0.2, 0.25) is 0 Å². The summed E-state index contributed by atoms with van der Waals surface area (Å²) in [4.78, 5) is 30.2. The standard InChI is InChI=1S/C27H33N3O2/c1-2-18-29-19-16-25(17-20-29)30(24-13-14-24)27(32)22-9-11-23(12-10-22)28-26(31)15-8-21-6-4-3-5-7-21/h3-12,15,24-25H,2,13-14,16-20H2,1H3,(H,28,31)/b15-8+. The minimum atomic E-state index is -0.189. The molecule has 1 N–H and O–H groups in total. The van der Waals surface area contributed by atoms with Gasteiger partial charge in [0, 0.05) is 42.5 Å². The molecule has 32 heavy (non-hydrogen) atoms. The summed E-state index contributed by atoms with van der Waals surface area (Å²) in [6.07, 6.45) is 8.83. The first-order chi connectivity index (χ1) is 15.6. The number of amides is 2. The summed E-state index contributed by atoms with van der Waals surface area (Å²) in [6, 6.07) is 17.7. The second-order valence-electron chi connectivity index (χ2n) is 8.83. The second kappa shape index (κ2) is 10.6. The van der Waals surface area contributed by atoms with E-state index < -0.39 is 0 Å². The average Bonchev–Trinajstić information content (AvgIpc) is 3.65. The molecule has 2 aromatic rings. The van der Waals surface area contributed by atoms with E-state index in [4.69, 9.17) is 0 Å². The molecule has 0 aromatic heterocycles. The lowest BCUT2D eigenvalue weighted by Crippen LogP contribution is -2.48. The fourth-order valence-electron chi connectivity index (χ4n) is 4.49. The molecule has 168 valence electrons. The highest BCUT2D eigenvalue weighted by atomic mass is 16.2. The predicted octanol–water partition coefficient (Wildman–Crippen LogP) is 4.82. The molecule has 5 nitrogen and oxygen atoms in total. The Kier molecular flexibility index (Phi) is 7.38. The summed E-state index contributed by atoms with van der Waals surface area (Å²) in [5.41, 5.74) is 2.37. The number of anilines is 1. The third kappa shape index (κ3) is 5.86. The largest absolute Gasteiger partial charge is 0.333 e. The minimum Gasteiger partial charge on any atom is -0.333 e. The van der Waals surface area contributed by atoms with Gasteiger partial charge in [-0.3, -0.25) is 9.59 Å². The van der Waals surface area contributed by atoms with Crippen LogP contribution in [0.15, 0.2) is 60.7 Å². The summed E-state index contributed by atoms with van der Waals surface area (Å²) in [5, 5.41) is 2.87. The van der Waals surface area contributed by atoms with E-state index in [2.05, 4.69) is 22.0 Å². The maximum Gasteiger partial charge on any atom is 0.254 e. The smallest absolute Gasteiger partial charge is 0.254 e. The van der Waals surface area contributed by atoms with Gasteiger partial charge in [-0.05, 0) is 74.6 Å². The highest BCUT2D eigenvalue weighted by Crippen LogP contribution is 2.33. The molecule has 2 aromatic carbocycles. The van der Waals surface area contributed by atoms with Crippen molar-refractivity contribution in [1.29, 1.82) is 0 Å². The number of likely N-dealkylation sites (tertiary alicyclic amines) is 1. The predicted molar refractivity (Wildman–Crippen MR) is 129 cm³/mol. The van der Waals surface area contributed by atoms with Gasteiger partial charge in [0.15, 0.2) is 0 Å². The van der Waals surface area contributed by atoms with Crippen LogP contribution >= 0.6 is 0 Å². The first-order valence-electron chi connectivity index (χ1n) is 11.8. The zero-order valence-electron chi connectivity index (χ0n) is 18.9. The van der Waals surface area contributed by atoms with Crippen LogP contribution in [0.25, 0.3) is 6.08 Å². The number of nitrogens with one attached hydrogen (secondary N) is 1. The first kappa shape index (κ1) is 22.3. The molecule has 0 atom stereocenters. The average molecular weight is 432 g/mol. The van der Waals surface area contributed by atoms with Crippen molar-refractivity contribution in [2.45, 2.75) is 51.1 Å². The molecule has 1 saturated carbocycles. The fourth-order valence-corrected chi connectivity index (χ4v) is 4.49. The van der Waals surface area contributed by atoms with Gasteiger partial charge in [-0.1, -0.05) is 37.3 Å². The molecule has 0 spiro atoms. The highest BCUT2D eigenvalue weighted by Gasteiger charge is 2.38. The van der Waals surface area contributed by atoms with Gasteiger partial charge in [-0.25, -0.2) is 0 Å². The van der Waals surface area contributed by atoms with Crippen molar-refractivity contribution in [3.05, 3.63) is 71.8 Å². The Morgan fingerprint density at radius 1 is 0.969 bits per heavy atom. The quantitative estimate of drug-likeness (QED) is 0.610. The van der Waals surface area contributed by atoms with Crippen LogP contribution < -0.4 is 5.32 Å². The zero-order valence-corrected chi connectivity index (χ0v) is 18.9. The SMILES string of the molecule is CCCN1CCC(N(C(=O)c2ccc(NC(=O)/C=C/c3ccccc3)cc2)C2CC2)CC1. The van der Waals surface area contributed by atoms with Gasteiger partial charge >= 0.3 is 0 Å². The van der Waals surface area contributed by atoms with Crippen LogP contribution in [-0.4, -0.2) is 53.3 Å². The van der Waals surface area contributed by atoms with Crippen LogP contribution in [0.3, 0.4) is 0 Å². The molecule has 0 bridgehead atoms. The number of benzene rings is 2. The van der Waals surface area contributed by atoms with Crippen molar-refractivity contribution < 1.29 is 9.59 Å². The highest BCUT2D eigenvalue weighted by molar-refractivity contribution is 6.02. The van der Waals surface area contributed by atoms with Gasteiger partial charge in [0.25, 0.3) is 5.91 Å². The van der Waals surface area contributed by atoms with Gasteiger partial charge in [0.2, 0.25) is 5.91 Å². The molecule has 2 aliphatic rings. The molecule has 2 amide bonds. The van der Waals surface area contributed by atoms with E-state index in [9.17, 15) is 9.59 Å². The lowest BCUT2D eigenvalue weighted by atomic mass is 10.0. The molecule has 1 heterocycles. The number of hydrogen-bond donors (Lipinski definition) is 1. The van der Waals surface area contributed by atoms with Crippen LogP contribution in [-0.2, 0) is 4.79 Å². The van der Waals surface area contributed by atoms with Gasteiger partial charge in [0.1, 0.15) is 0 Å². The Morgan fingerprint density at radius 2 is 1.62 bits per heavy atom. The Labute approximate surface area is 191 Å². The molecule has 1 aliphatic carbocycles. The Bertz CT molecular complexity index is 927. The van der Waals surface area contributed by atoms with Crippen LogP contribution in [0.4, 0.5) is 5.69 Å². The number of carbonyl (C=O) groups is 2. The van der Waals surface area contributed by atoms with Crippen molar-refractivity contribution in [3.8, 4) is 0 Å². The number of hydrogen-bond acceptors (Lipinski definition) is 3. The van der Waals surface area contributed by atoms with E-state index in [1.165, 1.54) is 12.5 Å². The summed E-state index contributed by atoms with van der Waals surface area (Å²) >= 11 is 0. The third-order valence-electron chi connectivity index (χ3n) is 6.29. The maximum absolute atomic E-state index is 13.3. The van der Waals surface area contributed by atoms with E-state index in [-0.39, 0.29) is 11.8 Å². The van der Waals surface area contributed by atoms with E-state index in [0.717, 1.165) is 50.9 Å². The molecule has 1 saturated heterocycles. The summed E-state index contributed by atoms with van der Waals surface area (Å²) in [7, 11) is 0. The first-order valence-corrected chi connectivity index (χ1v) is 11.8. The van der Waals surface area contributed by atoms with E-state index in [0.29, 0.717) is 23.3 Å². The monoisotopic (exact) mass is 431 g/mol. The molecule has 5 heteroatoms. The summed E-state index contributed by atoms with van der Waals surface area (Å²) in [6.45, 7) is 5.53. The number of piperidine rings is 1. The normalized spacial score (nSPS) is 17.4. The van der Waals surface area contributed by atoms with Crippen molar-refractivity contribution >= 4 is 23.6 Å². The second-order valence-corrected chi connectivity index (χ2v) is 8.83. The number of nitrogens with zero attached hydrogens (tertiary/aromatic N) is 2. The van der Waals surface area contributed by atoms with Crippen molar-refractivity contribution in [3.63, 3.8) is 0 Å². The van der Waals surface area contributed by atoms with Crippen LogP contribution in [0.5, 0.6) is 0 Å². The van der Waals surface area contributed by atoms with Crippen molar-refractivity contribution in [1.82, 2.24) is 9.80 Å². The minimum absolute atomic E-state index is 0.128. The Hall–Kier alpha value is -2.92. The lowest BCUT2D eigenvalue weighted by molar-refractivity contribution is -0.111. The van der Waals surface area contributed by atoms with E-state index in [1.807, 2.05) is 54.6 Å². The Balaban J connectivity index is 1.35. The Morgan fingerprint density at radius 3 is 2.25 bits per heavy atom. The van der Waals surface area contributed by atoms with Crippen LogP contribution in [0, 0.1) is 0 Å². The molecule has 0 unspecified atom stereocenters. The van der Waals surface area contributed by atoms with Gasteiger partial charge in [0.05, 0.1) is 0 Å². The molecule has 2 fully saturated rings. The number of rotatable bonds is 8. The molecule has 4 rings (SSSR count). The fraction of sp³-hybridized carbons (Fsp3) is 0.407. The maximum atomic E-state index is 13.3. The van der Waals surface area contributed by atoms with Gasteiger partial charge < -0.3 is 15.1 Å². The van der Waals surface area contributed by atoms with Gasteiger partial charge in [-0.15, -0.1) is 0 Å². The van der Waals surface area contributed by atoms with E-state index >= 15 is 0 Å². The van der Waals surface area contributed by atoms with Gasteiger partial charge in [-0.2, -0.15) is 0 Å². The topological polar surface area (TPSA) is 52.6 Å². The van der Waals surface area contributed by atoms with Crippen molar-refractivity contribution in [2.75, 3.05) is 25.0 Å². The zero-order chi connectivity index (χ0) is 22.3. The summed E-state index contributed by atoms with van der Waals surface area (Å²) in [5.74, 6) is -0.0605. The lowest BCUT2D eigenvalue weighted by Gasteiger charge is -2.39. The van der Waals surface area contributed by atoms with Crippen molar-refractivity contribution in [2.24, 2.45) is 0 Å². The molecular formula is C27H33N3O2. The molecule has 1 aliphatic heterocycles. The molecular weight excluding hydrogens is 398 g/mol. The molecule has 0 radical (unpaired) electrons. The van der Waals surface area contributed by atoms with E-state index in [1.54, 1.807) is 6.08 Å². The van der Waals surface area contributed by atoms with Crippen LogP contribution in [0.1, 0.15) is 54.9 Å². The summed E-state index contributed by atoms with van der Waals surface area (Å²) < 4.78 is 0. The third-order valence-corrected chi connectivity index (χ3v) is 6.29.